The smallest absolute Gasteiger partial charge is 0.244 e. The van der Waals surface area contributed by atoms with Crippen LogP contribution < -0.4 is 11.1 Å². The Labute approximate surface area is 216 Å². The predicted octanol–water partition coefficient (Wildman–Crippen LogP) is 4.11. The number of anilines is 1. The molecule has 4 heterocycles. The van der Waals surface area contributed by atoms with Gasteiger partial charge in [-0.2, -0.15) is 0 Å². The summed E-state index contributed by atoms with van der Waals surface area (Å²) >= 11 is 6.46. The second-order valence-electron chi connectivity index (χ2n) is 10.5. The Morgan fingerprint density at radius 1 is 1.36 bits per heavy atom. The SMILES string of the molecule is C=C(CN1CC(C)(C)OC[C@H]1C(=O)Nc1cc(Cl)cc2c1[nH]c1cnccc12)N1CCCCC1CN. The van der Waals surface area contributed by atoms with Crippen LogP contribution in [0.5, 0.6) is 0 Å². The first-order valence-electron chi connectivity index (χ1n) is 12.6. The van der Waals surface area contributed by atoms with Gasteiger partial charge < -0.3 is 25.7 Å². The van der Waals surface area contributed by atoms with Crippen LogP contribution in [0.2, 0.25) is 5.02 Å². The number of aromatic nitrogens is 2. The van der Waals surface area contributed by atoms with E-state index >= 15 is 0 Å². The number of nitrogens with two attached hydrogens (primary N) is 1. The Kier molecular flexibility index (Phi) is 6.96. The second-order valence-corrected chi connectivity index (χ2v) is 11.0. The molecule has 2 atom stereocenters. The maximum Gasteiger partial charge on any atom is 0.244 e. The van der Waals surface area contributed by atoms with Crippen LogP contribution in [0.4, 0.5) is 5.69 Å². The molecule has 2 saturated heterocycles. The van der Waals surface area contributed by atoms with E-state index in [-0.39, 0.29) is 11.5 Å². The summed E-state index contributed by atoms with van der Waals surface area (Å²) in [4.78, 5) is 25.8. The van der Waals surface area contributed by atoms with Gasteiger partial charge >= 0.3 is 0 Å². The lowest BCUT2D eigenvalue weighted by molar-refractivity contribution is -0.142. The fourth-order valence-corrected chi connectivity index (χ4v) is 5.80. The average molecular weight is 511 g/mol. The third-order valence-corrected chi connectivity index (χ3v) is 7.60. The molecule has 4 N–H and O–H groups in total. The van der Waals surface area contributed by atoms with E-state index < -0.39 is 6.04 Å². The summed E-state index contributed by atoms with van der Waals surface area (Å²) in [6.45, 7) is 11.6. The number of nitrogens with zero attached hydrogens (tertiary/aromatic N) is 3. The Morgan fingerprint density at radius 2 is 2.19 bits per heavy atom. The lowest BCUT2D eigenvalue weighted by Crippen LogP contribution is -2.59. The number of fused-ring (bicyclic) bond motifs is 3. The molecular weight excluding hydrogens is 476 g/mol. The van der Waals surface area contributed by atoms with Gasteiger partial charge in [0.15, 0.2) is 0 Å². The number of H-pyrrole nitrogens is 1. The molecule has 1 aromatic carbocycles. The van der Waals surface area contributed by atoms with E-state index in [0.29, 0.717) is 43.0 Å². The highest BCUT2D eigenvalue weighted by molar-refractivity contribution is 6.33. The topological polar surface area (TPSA) is 99.5 Å². The summed E-state index contributed by atoms with van der Waals surface area (Å²) in [5.41, 5.74) is 9.06. The number of pyridine rings is 1. The van der Waals surface area contributed by atoms with Gasteiger partial charge in [-0.25, -0.2) is 0 Å². The number of carbonyl (C=O) groups excluding carboxylic acids is 1. The maximum absolute atomic E-state index is 13.7. The van der Waals surface area contributed by atoms with Crippen molar-refractivity contribution in [1.29, 1.82) is 0 Å². The molecule has 0 aliphatic carbocycles. The Balaban J connectivity index is 1.39. The van der Waals surface area contributed by atoms with Crippen molar-refractivity contribution in [3.8, 4) is 0 Å². The number of aromatic amines is 1. The molecule has 2 fully saturated rings. The van der Waals surface area contributed by atoms with Gasteiger partial charge in [-0.1, -0.05) is 18.2 Å². The van der Waals surface area contributed by atoms with Crippen molar-refractivity contribution in [1.82, 2.24) is 19.8 Å². The minimum atomic E-state index is -0.462. The first-order chi connectivity index (χ1) is 17.3. The van der Waals surface area contributed by atoms with E-state index in [1.165, 1.54) is 6.42 Å². The number of morpholine rings is 1. The molecule has 0 saturated carbocycles. The van der Waals surface area contributed by atoms with Crippen LogP contribution in [-0.2, 0) is 9.53 Å². The largest absolute Gasteiger partial charge is 0.372 e. The number of benzene rings is 1. The number of ether oxygens (including phenoxy) is 1. The molecule has 2 aliphatic rings. The van der Waals surface area contributed by atoms with Crippen molar-refractivity contribution in [3.05, 3.63) is 47.9 Å². The molecule has 192 valence electrons. The molecule has 36 heavy (non-hydrogen) atoms. The van der Waals surface area contributed by atoms with Crippen molar-refractivity contribution in [2.24, 2.45) is 5.73 Å². The molecule has 3 aromatic rings. The van der Waals surface area contributed by atoms with E-state index in [1.807, 2.05) is 12.1 Å². The number of hydrogen-bond acceptors (Lipinski definition) is 6. The molecule has 0 bridgehead atoms. The van der Waals surface area contributed by atoms with E-state index in [4.69, 9.17) is 22.1 Å². The maximum atomic E-state index is 13.7. The monoisotopic (exact) mass is 510 g/mol. The first-order valence-corrected chi connectivity index (χ1v) is 13.0. The lowest BCUT2D eigenvalue weighted by Gasteiger charge is -2.45. The highest BCUT2D eigenvalue weighted by Gasteiger charge is 2.38. The van der Waals surface area contributed by atoms with Crippen LogP contribution in [0, 0.1) is 0 Å². The fraction of sp³-hybridized carbons (Fsp3) is 0.481. The molecule has 1 amide bonds. The summed E-state index contributed by atoms with van der Waals surface area (Å²) < 4.78 is 6.09. The van der Waals surface area contributed by atoms with Crippen LogP contribution >= 0.6 is 11.6 Å². The zero-order valence-electron chi connectivity index (χ0n) is 21.0. The lowest BCUT2D eigenvalue weighted by atomic mass is 10.00. The van der Waals surface area contributed by atoms with Gasteiger partial charge in [0.05, 0.1) is 35.1 Å². The van der Waals surface area contributed by atoms with E-state index in [1.54, 1.807) is 18.5 Å². The van der Waals surface area contributed by atoms with Crippen molar-refractivity contribution in [2.75, 3.05) is 38.1 Å². The molecule has 5 rings (SSSR count). The summed E-state index contributed by atoms with van der Waals surface area (Å²) in [5.74, 6) is -0.132. The van der Waals surface area contributed by atoms with E-state index in [9.17, 15) is 4.79 Å². The van der Waals surface area contributed by atoms with Crippen LogP contribution in [0.1, 0.15) is 33.1 Å². The van der Waals surface area contributed by atoms with Crippen LogP contribution in [0.15, 0.2) is 42.9 Å². The van der Waals surface area contributed by atoms with Gasteiger partial charge in [-0.15, -0.1) is 0 Å². The standard InChI is InChI=1S/C27H35ClN6O2/c1-17(34-9-5-4-6-19(34)12-29)14-33-16-27(2,3)36-15-24(33)26(35)32-22-11-18(28)10-21-20-7-8-30-13-23(20)31-25(21)22/h7-8,10-11,13,19,24,31H,1,4-6,9,12,14-16,29H2,2-3H3,(H,32,35)/t19?,24-/m0/s1. The molecule has 2 aliphatic heterocycles. The van der Waals surface area contributed by atoms with Gasteiger partial charge in [0.1, 0.15) is 6.04 Å². The summed E-state index contributed by atoms with van der Waals surface area (Å²) in [7, 11) is 0. The van der Waals surface area contributed by atoms with Crippen molar-refractivity contribution < 1.29 is 9.53 Å². The highest BCUT2D eigenvalue weighted by Crippen LogP contribution is 2.34. The van der Waals surface area contributed by atoms with E-state index in [0.717, 1.165) is 46.9 Å². The zero-order chi connectivity index (χ0) is 25.4. The average Bonchev–Trinajstić information content (AvgIpc) is 3.22. The van der Waals surface area contributed by atoms with Crippen LogP contribution in [0.25, 0.3) is 21.8 Å². The Bertz CT molecular complexity index is 1290. The molecule has 8 nitrogen and oxygen atoms in total. The first kappa shape index (κ1) is 25.0. The van der Waals surface area contributed by atoms with Gasteiger partial charge in [0.25, 0.3) is 0 Å². The fourth-order valence-electron chi connectivity index (χ4n) is 5.58. The predicted molar refractivity (Wildman–Crippen MR) is 145 cm³/mol. The third kappa shape index (κ3) is 4.95. The number of rotatable bonds is 6. The Hall–Kier alpha value is -2.65. The molecule has 0 radical (unpaired) electrons. The Morgan fingerprint density at radius 3 is 3.00 bits per heavy atom. The number of piperidine rings is 1. The number of halogens is 1. The summed E-state index contributed by atoms with van der Waals surface area (Å²) in [6, 6.07) is 5.47. The highest BCUT2D eigenvalue weighted by atomic mass is 35.5. The summed E-state index contributed by atoms with van der Waals surface area (Å²) in [6.07, 6.45) is 6.93. The normalized spacial score (nSPS) is 22.7. The second kappa shape index (κ2) is 10.0. The van der Waals surface area contributed by atoms with Crippen LogP contribution in [-0.4, -0.2) is 76.1 Å². The quantitative estimate of drug-likeness (QED) is 0.461. The molecule has 9 heteroatoms. The number of nitrogens with one attached hydrogen (secondary N) is 2. The number of amides is 1. The van der Waals surface area contributed by atoms with Gasteiger partial charge in [0.2, 0.25) is 5.91 Å². The van der Waals surface area contributed by atoms with E-state index in [2.05, 4.69) is 45.5 Å². The summed E-state index contributed by atoms with van der Waals surface area (Å²) in [5, 5.41) is 5.63. The van der Waals surface area contributed by atoms with Gasteiger partial charge in [-0.05, 0) is 51.3 Å². The van der Waals surface area contributed by atoms with Crippen molar-refractivity contribution in [2.45, 2.75) is 50.8 Å². The van der Waals surface area contributed by atoms with Gasteiger partial charge in [0, 0.05) is 59.9 Å². The minimum absolute atomic E-state index is 0.132. The third-order valence-electron chi connectivity index (χ3n) is 7.38. The molecule has 2 aromatic heterocycles. The van der Waals surface area contributed by atoms with Crippen molar-refractivity contribution >= 4 is 45.0 Å². The minimum Gasteiger partial charge on any atom is -0.372 e. The molecular formula is C27H35ClN6O2. The molecule has 0 spiro atoms. The number of carbonyl (C=O) groups is 1. The van der Waals surface area contributed by atoms with Gasteiger partial charge in [-0.3, -0.25) is 14.7 Å². The van der Waals surface area contributed by atoms with Crippen molar-refractivity contribution in [3.63, 3.8) is 0 Å². The molecule has 1 unspecified atom stereocenters. The van der Waals surface area contributed by atoms with Crippen LogP contribution in [0.3, 0.4) is 0 Å². The number of likely N-dealkylation sites (tertiary alicyclic amines) is 1. The zero-order valence-corrected chi connectivity index (χ0v) is 21.8. The number of hydrogen-bond donors (Lipinski definition) is 3.